The third-order valence-corrected chi connectivity index (χ3v) is 13.9. The molecular weight excluding hydrogens is 231 g/mol. The minimum Gasteiger partial charge on any atom is -0.0620 e. The van der Waals surface area contributed by atoms with Gasteiger partial charge in [-0.1, -0.05) is 25.1 Å². The lowest BCUT2D eigenvalue weighted by Gasteiger charge is -2.62. The van der Waals surface area contributed by atoms with Gasteiger partial charge in [-0.2, -0.15) is 0 Å². The lowest BCUT2D eigenvalue weighted by atomic mass is 9.83. The van der Waals surface area contributed by atoms with E-state index >= 15 is 0 Å². The van der Waals surface area contributed by atoms with Crippen molar-refractivity contribution in [2.24, 2.45) is 5.92 Å². The maximum absolute atomic E-state index is 5.19. The fourth-order valence-corrected chi connectivity index (χ4v) is 9.83. The molecular formula is C14H22PS+. The molecule has 0 bridgehead atoms. The first-order valence-electron chi connectivity index (χ1n) is 5.94. The van der Waals surface area contributed by atoms with Crippen LogP contribution in [-0.4, -0.2) is 10.3 Å². The summed E-state index contributed by atoms with van der Waals surface area (Å²) in [5.41, 5.74) is 0. The van der Waals surface area contributed by atoms with Crippen molar-refractivity contribution in [3.63, 3.8) is 0 Å². The molecule has 0 amide bonds. The van der Waals surface area contributed by atoms with Crippen LogP contribution in [-0.2, 0) is 0 Å². The second kappa shape index (κ2) is 3.50. The Morgan fingerprint density at radius 3 is 1.88 bits per heavy atom. The van der Waals surface area contributed by atoms with E-state index in [1.807, 2.05) is 0 Å². The van der Waals surface area contributed by atoms with Crippen molar-refractivity contribution < 1.29 is 0 Å². The fraction of sp³-hybridized carbons (Fsp3) is 0.571. The number of benzene rings is 1. The van der Waals surface area contributed by atoms with Crippen LogP contribution >= 0.6 is 18.7 Å². The van der Waals surface area contributed by atoms with Gasteiger partial charge in [0.05, 0.1) is 10.3 Å². The fourth-order valence-electron chi connectivity index (χ4n) is 3.41. The Bertz CT molecular complexity index is 378. The van der Waals surface area contributed by atoms with E-state index in [0.717, 1.165) is 5.92 Å². The van der Waals surface area contributed by atoms with E-state index in [0.29, 0.717) is 10.3 Å². The zero-order valence-corrected chi connectivity index (χ0v) is 12.6. The van der Waals surface area contributed by atoms with E-state index in [1.54, 1.807) is 0 Å². The third-order valence-electron chi connectivity index (χ3n) is 4.92. The van der Waals surface area contributed by atoms with Gasteiger partial charge in [-0.05, 0) is 39.8 Å². The predicted molar refractivity (Wildman–Crippen MR) is 79.3 cm³/mol. The Morgan fingerprint density at radius 1 is 1.00 bits per heavy atom. The molecule has 0 N–H and O–H groups in total. The van der Waals surface area contributed by atoms with Crippen molar-refractivity contribution in [2.45, 2.75) is 44.9 Å². The molecule has 0 aliphatic carbocycles. The lowest BCUT2D eigenvalue weighted by molar-refractivity contribution is 0.305. The van der Waals surface area contributed by atoms with Gasteiger partial charge in [-0.3, -0.25) is 0 Å². The zero-order chi connectivity index (χ0) is 12.2. The second-order valence-corrected chi connectivity index (χ2v) is 11.9. The minimum atomic E-state index is -1.36. The Labute approximate surface area is 105 Å². The van der Waals surface area contributed by atoms with Crippen LogP contribution in [0.4, 0.5) is 0 Å². The largest absolute Gasteiger partial charge is 0.114 e. The van der Waals surface area contributed by atoms with Crippen LogP contribution in [0.25, 0.3) is 0 Å². The van der Waals surface area contributed by atoms with Crippen molar-refractivity contribution >= 4 is 24.0 Å². The molecule has 0 radical (unpaired) electrons. The van der Waals surface area contributed by atoms with Crippen molar-refractivity contribution in [1.29, 1.82) is 0 Å². The quantitative estimate of drug-likeness (QED) is 0.557. The summed E-state index contributed by atoms with van der Waals surface area (Å²) in [5.74, 6) is 0.728. The van der Waals surface area contributed by atoms with Gasteiger partial charge < -0.3 is 0 Å². The average molecular weight is 253 g/mol. The average Bonchev–Trinajstić information content (AvgIpc) is 2.27. The lowest BCUT2D eigenvalue weighted by Crippen LogP contribution is -2.61. The van der Waals surface area contributed by atoms with Gasteiger partial charge in [0.15, 0.2) is 0 Å². The molecule has 1 aliphatic rings. The molecule has 1 saturated heterocycles. The third kappa shape index (κ3) is 1.22. The van der Waals surface area contributed by atoms with E-state index in [2.05, 4.69) is 65.0 Å². The summed E-state index contributed by atoms with van der Waals surface area (Å²) in [5, 5.41) is 2.16. The first-order chi connectivity index (χ1) is 7.26. The maximum atomic E-state index is 5.19. The molecule has 0 spiro atoms. The summed E-state index contributed by atoms with van der Waals surface area (Å²) in [7, 11) is 0. The summed E-state index contributed by atoms with van der Waals surface area (Å²) >= 11 is 5.19. The molecule has 1 aromatic rings. The Morgan fingerprint density at radius 2 is 1.44 bits per heavy atom. The smallest absolute Gasteiger partial charge is 0.0620 e. The van der Waals surface area contributed by atoms with Gasteiger partial charge >= 0.3 is 0 Å². The van der Waals surface area contributed by atoms with E-state index in [-0.39, 0.29) is 0 Å². The SMILES string of the molecule is CC1C(C)(C)[P+](S)(c2ccccc2)C1(C)C. The summed E-state index contributed by atoms with van der Waals surface area (Å²) in [6.45, 7) is 10.6. The monoisotopic (exact) mass is 253 g/mol. The topological polar surface area (TPSA) is 0 Å². The molecule has 0 nitrogen and oxygen atoms in total. The van der Waals surface area contributed by atoms with Crippen LogP contribution in [0.1, 0.15) is 34.6 Å². The standard InChI is InChI=1S/C14H22PS/c1-11-13(2,3)15(16,14(11,4)5)12-9-7-6-8-10-12/h6-11,16H,1-5H3/q+1. The molecule has 1 aromatic carbocycles. The number of thiol groups is 1. The van der Waals surface area contributed by atoms with Crippen molar-refractivity contribution in [3.8, 4) is 0 Å². The summed E-state index contributed by atoms with van der Waals surface area (Å²) in [4.78, 5) is 0. The molecule has 1 fully saturated rings. The predicted octanol–water partition coefficient (Wildman–Crippen LogP) is 4.38. The second-order valence-electron chi connectivity index (χ2n) is 6.00. The van der Waals surface area contributed by atoms with Crippen LogP contribution < -0.4 is 5.30 Å². The summed E-state index contributed by atoms with van der Waals surface area (Å²) in [6.07, 6.45) is 0. The molecule has 0 atom stereocenters. The molecule has 1 aliphatic heterocycles. The van der Waals surface area contributed by atoms with Crippen LogP contribution in [0, 0.1) is 5.92 Å². The summed E-state index contributed by atoms with van der Waals surface area (Å²) < 4.78 is 0. The maximum Gasteiger partial charge on any atom is 0.114 e. The van der Waals surface area contributed by atoms with E-state index in [9.17, 15) is 0 Å². The van der Waals surface area contributed by atoms with Gasteiger partial charge in [0.1, 0.15) is 11.8 Å². The first kappa shape index (κ1) is 12.5. The van der Waals surface area contributed by atoms with Crippen LogP contribution in [0.2, 0.25) is 0 Å². The highest BCUT2D eigenvalue weighted by Crippen LogP contribution is 2.91. The van der Waals surface area contributed by atoms with E-state index in [1.165, 1.54) is 5.30 Å². The van der Waals surface area contributed by atoms with E-state index in [4.69, 9.17) is 12.2 Å². The minimum absolute atomic E-state index is 0.348. The van der Waals surface area contributed by atoms with Gasteiger partial charge in [0.25, 0.3) is 0 Å². The first-order valence-corrected chi connectivity index (χ1v) is 8.88. The van der Waals surface area contributed by atoms with Gasteiger partial charge in [0, 0.05) is 18.2 Å². The molecule has 0 saturated carbocycles. The highest BCUT2D eigenvalue weighted by Gasteiger charge is 2.77. The normalized spacial score (nSPS) is 35.5. The van der Waals surface area contributed by atoms with Crippen molar-refractivity contribution in [1.82, 2.24) is 0 Å². The van der Waals surface area contributed by atoms with Gasteiger partial charge in [-0.15, -0.1) is 0 Å². The van der Waals surface area contributed by atoms with Crippen molar-refractivity contribution in [2.75, 3.05) is 0 Å². The number of hydrogen-bond acceptors (Lipinski definition) is 1. The Hall–Kier alpha value is 0. The van der Waals surface area contributed by atoms with Gasteiger partial charge in [-0.25, -0.2) is 0 Å². The zero-order valence-electron chi connectivity index (χ0n) is 10.9. The molecule has 1 heterocycles. The molecule has 0 aromatic heterocycles. The van der Waals surface area contributed by atoms with E-state index < -0.39 is 6.46 Å². The molecule has 88 valence electrons. The Balaban J connectivity index is 2.54. The Kier molecular flexibility index (Phi) is 2.72. The van der Waals surface area contributed by atoms with Gasteiger partial charge in [0.2, 0.25) is 0 Å². The molecule has 2 rings (SSSR count). The highest BCUT2D eigenvalue weighted by atomic mass is 32.7. The van der Waals surface area contributed by atoms with Crippen LogP contribution in [0.3, 0.4) is 0 Å². The van der Waals surface area contributed by atoms with Crippen molar-refractivity contribution in [3.05, 3.63) is 30.3 Å². The highest BCUT2D eigenvalue weighted by molar-refractivity contribution is 8.57. The number of hydrogen-bond donors (Lipinski definition) is 1. The molecule has 0 unspecified atom stereocenters. The molecule has 16 heavy (non-hydrogen) atoms. The van der Waals surface area contributed by atoms with Crippen LogP contribution in [0.5, 0.6) is 0 Å². The summed E-state index contributed by atoms with van der Waals surface area (Å²) in [6, 6.07) is 10.9. The molecule has 2 heteroatoms. The van der Waals surface area contributed by atoms with Crippen LogP contribution in [0.15, 0.2) is 30.3 Å². The number of rotatable bonds is 1.